The first-order valence-electron chi connectivity index (χ1n) is 9.68. The zero-order valence-electron chi connectivity index (χ0n) is 16.8. The number of ether oxygens (including phenoxy) is 2. The van der Waals surface area contributed by atoms with Crippen LogP contribution in [0.15, 0.2) is 53.1 Å². The quantitative estimate of drug-likeness (QED) is 0.591. The van der Waals surface area contributed by atoms with Crippen LogP contribution in [0.4, 0.5) is 5.69 Å². The molecule has 4 rings (SSSR count). The number of carbonyl (C=O) groups excluding carboxylic acids is 1. The predicted molar refractivity (Wildman–Crippen MR) is 112 cm³/mol. The maximum atomic E-state index is 12.7. The number of fused-ring (bicyclic) bond motifs is 1. The van der Waals surface area contributed by atoms with Gasteiger partial charge in [-0.3, -0.25) is 4.79 Å². The topological polar surface area (TPSA) is 121 Å². The summed E-state index contributed by atoms with van der Waals surface area (Å²) >= 11 is 0. The van der Waals surface area contributed by atoms with Crippen LogP contribution < -0.4 is 14.8 Å². The molecule has 0 radical (unpaired) electrons. The van der Waals surface area contributed by atoms with E-state index in [-0.39, 0.29) is 5.89 Å². The van der Waals surface area contributed by atoms with Gasteiger partial charge in [0.25, 0.3) is 0 Å². The van der Waals surface area contributed by atoms with E-state index in [9.17, 15) is 13.2 Å². The number of nitrogens with one attached hydrogen (secondary N) is 1. The monoisotopic (exact) mass is 443 g/mol. The molecule has 3 aromatic rings. The molecule has 1 amide bonds. The van der Waals surface area contributed by atoms with Crippen molar-refractivity contribution in [3.05, 3.63) is 65.8 Å². The number of aromatic nitrogens is 2. The molecule has 0 bridgehead atoms. The first-order valence-corrected chi connectivity index (χ1v) is 11.4. The van der Waals surface area contributed by atoms with Crippen molar-refractivity contribution < 1.29 is 27.2 Å². The fourth-order valence-corrected chi connectivity index (χ4v) is 4.12. The van der Waals surface area contributed by atoms with Crippen molar-refractivity contribution in [1.82, 2.24) is 10.1 Å². The Kier molecular flexibility index (Phi) is 5.90. The van der Waals surface area contributed by atoms with Gasteiger partial charge in [0.05, 0.1) is 0 Å². The van der Waals surface area contributed by atoms with Gasteiger partial charge in [-0.2, -0.15) is 4.98 Å². The van der Waals surface area contributed by atoms with Gasteiger partial charge in [0, 0.05) is 18.2 Å². The van der Waals surface area contributed by atoms with Gasteiger partial charge in [0.2, 0.25) is 11.8 Å². The Hall–Kier alpha value is -3.40. The number of sulfone groups is 1. The molecule has 0 saturated carbocycles. The van der Waals surface area contributed by atoms with Crippen molar-refractivity contribution in [1.29, 1.82) is 0 Å². The summed E-state index contributed by atoms with van der Waals surface area (Å²) in [4.78, 5) is 16.7. The zero-order chi connectivity index (χ0) is 21.8. The SMILES string of the molecule is C[C@H](C(=O)Nc1ccc2c(c1)OCCO2)S(=O)(=O)Cc1nc(Cc2ccccc2)no1. The van der Waals surface area contributed by atoms with Gasteiger partial charge in [-0.1, -0.05) is 35.5 Å². The van der Waals surface area contributed by atoms with E-state index in [1.165, 1.54) is 6.92 Å². The second-order valence-electron chi connectivity index (χ2n) is 7.06. The first kappa shape index (κ1) is 20.9. The molecule has 0 fully saturated rings. The molecule has 162 valence electrons. The Morgan fingerprint density at radius 2 is 1.84 bits per heavy atom. The fourth-order valence-electron chi connectivity index (χ4n) is 3.02. The van der Waals surface area contributed by atoms with Crippen molar-refractivity contribution >= 4 is 21.4 Å². The highest BCUT2D eigenvalue weighted by Gasteiger charge is 2.30. The van der Waals surface area contributed by atoms with Crippen LogP contribution in [0.5, 0.6) is 11.5 Å². The number of rotatable bonds is 7. The van der Waals surface area contributed by atoms with Crippen LogP contribution >= 0.6 is 0 Å². The summed E-state index contributed by atoms with van der Waals surface area (Å²) in [6.45, 7) is 2.19. The molecule has 1 atom stereocenters. The normalized spacial score (nSPS) is 14.1. The van der Waals surface area contributed by atoms with Crippen molar-refractivity contribution in [2.75, 3.05) is 18.5 Å². The van der Waals surface area contributed by atoms with Gasteiger partial charge in [-0.15, -0.1) is 0 Å². The number of nitrogens with zero attached hydrogens (tertiary/aromatic N) is 2. The molecule has 9 nitrogen and oxygen atoms in total. The van der Waals surface area contributed by atoms with Gasteiger partial charge < -0.3 is 19.3 Å². The Labute approximate surface area is 179 Å². The third-order valence-corrected chi connectivity index (χ3v) is 6.70. The number of amides is 1. The van der Waals surface area contributed by atoms with Crippen LogP contribution in [0.25, 0.3) is 0 Å². The van der Waals surface area contributed by atoms with Crippen molar-refractivity contribution in [3.63, 3.8) is 0 Å². The molecule has 2 heterocycles. The largest absolute Gasteiger partial charge is 0.486 e. The smallest absolute Gasteiger partial charge is 0.242 e. The molecule has 1 aromatic heterocycles. The molecule has 2 aromatic carbocycles. The molecule has 0 spiro atoms. The van der Waals surface area contributed by atoms with E-state index in [1.54, 1.807) is 18.2 Å². The molecule has 1 aliphatic heterocycles. The fraction of sp³-hybridized carbons (Fsp3) is 0.286. The van der Waals surface area contributed by atoms with Gasteiger partial charge >= 0.3 is 0 Å². The van der Waals surface area contributed by atoms with E-state index in [0.717, 1.165) is 5.56 Å². The summed E-state index contributed by atoms with van der Waals surface area (Å²) in [5.41, 5.74) is 1.39. The van der Waals surface area contributed by atoms with Crippen LogP contribution in [-0.2, 0) is 26.8 Å². The number of benzene rings is 2. The van der Waals surface area contributed by atoms with Gasteiger partial charge in [-0.05, 0) is 24.6 Å². The molecular weight excluding hydrogens is 422 g/mol. The minimum atomic E-state index is -3.87. The second-order valence-corrected chi connectivity index (χ2v) is 9.39. The Balaban J connectivity index is 1.39. The zero-order valence-corrected chi connectivity index (χ0v) is 17.6. The maximum Gasteiger partial charge on any atom is 0.242 e. The van der Waals surface area contributed by atoms with Gasteiger partial charge in [0.1, 0.15) is 24.2 Å². The average molecular weight is 443 g/mol. The highest BCUT2D eigenvalue weighted by atomic mass is 32.2. The molecule has 0 unspecified atom stereocenters. The van der Waals surface area contributed by atoms with Crippen LogP contribution in [0, 0.1) is 0 Å². The van der Waals surface area contributed by atoms with E-state index in [2.05, 4.69) is 15.5 Å². The minimum Gasteiger partial charge on any atom is -0.486 e. The Bertz CT molecular complexity index is 1180. The van der Waals surface area contributed by atoms with Crippen molar-refractivity contribution in [2.24, 2.45) is 0 Å². The van der Waals surface area contributed by atoms with E-state index >= 15 is 0 Å². The lowest BCUT2D eigenvalue weighted by Crippen LogP contribution is -2.33. The molecule has 31 heavy (non-hydrogen) atoms. The third kappa shape index (κ3) is 5.02. The van der Waals surface area contributed by atoms with Gasteiger partial charge in [-0.25, -0.2) is 8.42 Å². The summed E-state index contributed by atoms with van der Waals surface area (Å²) in [6, 6.07) is 14.4. The number of hydrogen-bond acceptors (Lipinski definition) is 8. The number of hydrogen-bond donors (Lipinski definition) is 1. The van der Waals surface area contributed by atoms with E-state index < -0.39 is 26.7 Å². The van der Waals surface area contributed by atoms with Crippen molar-refractivity contribution in [2.45, 2.75) is 24.3 Å². The molecule has 10 heteroatoms. The average Bonchev–Trinajstić information content (AvgIpc) is 3.19. The highest BCUT2D eigenvalue weighted by molar-refractivity contribution is 7.92. The lowest BCUT2D eigenvalue weighted by molar-refractivity contribution is -0.115. The second kappa shape index (κ2) is 8.76. The molecule has 1 N–H and O–H groups in total. The number of carbonyl (C=O) groups is 1. The summed E-state index contributed by atoms with van der Waals surface area (Å²) < 4.78 is 41.4. The van der Waals surface area contributed by atoms with Crippen LogP contribution in [-0.4, -0.2) is 42.9 Å². The highest BCUT2D eigenvalue weighted by Crippen LogP contribution is 2.32. The van der Waals surface area contributed by atoms with Crippen molar-refractivity contribution in [3.8, 4) is 11.5 Å². The van der Waals surface area contributed by atoms with Crippen LogP contribution in [0.3, 0.4) is 0 Å². The van der Waals surface area contributed by atoms with Crippen LogP contribution in [0.2, 0.25) is 0 Å². The van der Waals surface area contributed by atoms with Gasteiger partial charge in [0.15, 0.2) is 27.2 Å². The van der Waals surface area contributed by atoms with E-state index in [4.69, 9.17) is 14.0 Å². The van der Waals surface area contributed by atoms with E-state index in [1.807, 2.05) is 30.3 Å². The lowest BCUT2D eigenvalue weighted by atomic mass is 10.1. The summed E-state index contributed by atoms with van der Waals surface area (Å²) in [5.74, 6) is 0.212. The first-order chi connectivity index (χ1) is 14.9. The third-order valence-electron chi connectivity index (χ3n) is 4.76. The molecule has 0 aliphatic carbocycles. The standard InChI is InChI=1S/C21H21N3O6S/c1-14(21(25)22-16-7-8-17-18(12-16)29-10-9-28-17)31(26,27)13-20-23-19(24-30-20)11-15-5-3-2-4-6-15/h2-8,12,14H,9-11,13H2,1H3,(H,22,25)/t14-/m1/s1. The Morgan fingerprint density at radius 1 is 1.10 bits per heavy atom. The number of anilines is 1. The molecule has 0 saturated heterocycles. The predicted octanol–water partition coefficient (Wildman–Crippen LogP) is 2.37. The summed E-state index contributed by atoms with van der Waals surface area (Å²) in [5, 5.41) is 5.12. The molecule has 1 aliphatic rings. The molecular formula is C21H21N3O6S. The lowest BCUT2D eigenvalue weighted by Gasteiger charge is -2.19. The Morgan fingerprint density at radius 3 is 2.61 bits per heavy atom. The summed E-state index contributed by atoms with van der Waals surface area (Å²) in [6.07, 6.45) is 0.421. The summed E-state index contributed by atoms with van der Waals surface area (Å²) in [7, 11) is -3.87. The maximum absolute atomic E-state index is 12.7. The minimum absolute atomic E-state index is 0.0510. The van der Waals surface area contributed by atoms with E-state index in [0.29, 0.717) is 42.6 Å². The van der Waals surface area contributed by atoms with Crippen LogP contribution in [0.1, 0.15) is 24.2 Å².